The van der Waals surface area contributed by atoms with E-state index in [0.29, 0.717) is 11.3 Å². The monoisotopic (exact) mass is 243 g/mol. The van der Waals surface area contributed by atoms with Crippen LogP contribution in [-0.4, -0.2) is 9.46 Å². The molecule has 0 saturated carbocycles. The summed E-state index contributed by atoms with van der Waals surface area (Å²) >= 11 is 0. The van der Waals surface area contributed by atoms with E-state index in [2.05, 4.69) is 0 Å². The maximum atomic E-state index is 13.2. The average molecular weight is 243 g/mol. The van der Waals surface area contributed by atoms with Crippen LogP contribution in [0.4, 0.5) is 4.39 Å². The second-order valence-corrected chi connectivity index (χ2v) is 5.73. The minimum absolute atomic E-state index is 0.173. The molecular weight excluding hydrogens is 225 g/mol. The third-order valence-electron chi connectivity index (χ3n) is 2.66. The molecule has 0 aliphatic rings. The molecule has 0 spiro atoms. The first-order valence-electron chi connectivity index (χ1n) is 5.43. The van der Waals surface area contributed by atoms with Gasteiger partial charge < -0.3 is 5.73 Å². The maximum Gasteiger partial charge on any atom is 0.127 e. The Morgan fingerprint density at radius 3 is 2.75 bits per heavy atom. The maximum absolute atomic E-state index is 13.2. The Morgan fingerprint density at radius 2 is 2.19 bits per heavy atom. The van der Waals surface area contributed by atoms with Crippen molar-refractivity contribution in [1.29, 1.82) is 0 Å². The molecule has 2 nitrogen and oxygen atoms in total. The predicted octanol–water partition coefficient (Wildman–Crippen LogP) is 2.33. The Kier molecular flexibility index (Phi) is 5.09. The molecule has 0 aliphatic heterocycles. The minimum Gasteiger partial charge on any atom is -0.326 e. The van der Waals surface area contributed by atoms with Gasteiger partial charge in [-0.15, -0.1) is 0 Å². The molecule has 1 aromatic carbocycles. The fourth-order valence-corrected chi connectivity index (χ4v) is 2.53. The van der Waals surface area contributed by atoms with Gasteiger partial charge in [-0.05, 0) is 18.1 Å². The second kappa shape index (κ2) is 6.11. The van der Waals surface area contributed by atoms with E-state index in [-0.39, 0.29) is 17.6 Å². The van der Waals surface area contributed by atoms with Crippen molar-refractivity contribution < 1.29 is 8.60 Å². The van der Waals surface area contributed by atoms with E-state index in [9.17, 15) is 8.60 Å². The van der Waals surface area contributed by atoms with Crippen LogP contribution in [0.25, 0.3) is 0 Å². The lowest BCUT2D eigenvalue weighted by atomic mass is 10.1. The molecule has 4 heteroatoms. The standard InChI is InChI=1S/C12H18FNOS/c1-3-9(2)16(15)8-10-4-5-12(13)11(6-10)7-14/h4-6,9H,3,7-8,14H2,1-2H3. The van der Waals surface area contributed by atoms with Crippen LogP contribution >= 0.6 is 0 Å². The van der Waals surface area contributed by atoms with Crippen LogP contribution in [0.1, 0.15) is 31.4 Å². The van der Waals surface area contributed by atoms with Crippen molar-refractivity contribution in [2.75, 3.05) is 0 Å². The smallest absolute Gasteiger partial charge is 0.127 e. The van der Waals surface area contributed by atoms with E-state index in [0.717, 1.165) is 12.0 Å². The number of hydrogen-bond donors (Lipinski definition) is 1. The Labute approximate surface area is 98.5 Å². The van der Waals surface area contributed by atoms with Crippen molar-refractivity contribution in [2.45, 2.75) is 37.8 Å². The van der Waals surface area contributed by atoms with E-state index >= 15 is 0 Å². The minimum atomic E-state index is -0.896. The van der Waals surface area contributed by atoms with Crippen molar-refractivity contribution in [1.82, 2.24) is 0 Å². The third kappa shape index (κ3) is 3.39. The van der Waals surface area contributed by atoms with Crippen LogP contribution in [0.3, 0.4) is 0 Å². The molecule has 0 amide bonds. The number of benzene rings is 1. The summed E-state index contributed by atoms with van der Waals surface area (Å²) in [5, 5.41) is 0.173. The van der Waals surface area contributed by atoms with Crippen LogP contribution in [0.2, 0.25) is 0 Å². The number of nitrogens with two attached hydrogens (primary N) is 1. The molecule has 1 aromatic rings. The topological polar surface area (TPSA) is 43.1 Å². The van der Waals surface area contributed by atoms with E-state index in [1.807, 2.05) is 13.8 Å². The Morgan fingerprint density at radius 1 is 1.50 bits per heavy atom. The van der Waals surface area contributed by atoms with Gasteiger partial charge in [-0.2, -0.15) is 0 Å². The molecule has 0 saturated heterocycles. The van der Waals surface area contributed by atoms with Crippen molar-refractivity contribution in [3.05, 3.63) is 35.1 Å². The molecule has 0 fully saturated rings. The summed E-state index contributed by atoms with van der Waals surface area (Å²) in [4.78, 5) is 0. The van der Waals surface area contributed by atoms with Gasteiger partial charge in [0.25, 0.3) is 0 Å². The normalized spacial score (nSPS) is 14.8. The molecule has 16 heavy (non-hydrogen) atoms. The Hall–Kier alpha value is -0.740. The van der Waals surface area contributed by atoms with Crippen LogP contribution < -0.4 is 5.73 Å². The highest BCUT2D eigenvalue weighted by Gasteiger charge is 2.10. The number of rotatable bonds is 5. The van der Waals surface area contributed by atoms with Crippen molar-refractivity contribution in [3.8, 4) is 0 Å². The highest BCUT2D eigenvalue weighted by atomic mass is 32.2. The highest BCUT2D eigenvalue weighted by molar-refractivity contribution is 7.84. The lowest BCUT2D eigenvalue weighted by molar-refractivity contribution is 0.610. The van der Waals surface area contributed by atoms with Gasteiger partial charge in [0.2, 0.25) is 0 Å². The molecule has 90 valence electrons. The fourth-order valence-electron chi connectivity index (χ4n) is 1.37. The zero-order valence-corrected chi connectivity index (χ0v) is 10.5. The highest BCUT2D eigenvalue weighted by Crippen LogP contribution is 2.14. The van der Waals surface area contributed by atoms with Crippen LogP contribution in [0.15, 0.2) is 18.2 Å². The van der Waals surface area contributed by atoms with E-state index < -0.39 is 10.8 Å². The van der Waals surface area contributed by atoms with Crippen molar-refractivity contribution in [3.63, 3.8) is 0 Å². The lowest BCUT2D eigenvalue weighted by Crippen LogP contribution is -2.11. The van der Waals surface area contributed by atoms with Gasteiger partial charge in [0.1, 0.15) is 5.82 Å². The first-order chi connectivity index (χ1) is 7.58. The zero-order valence-electron chi connectivity index (χ0n) is 9.70. The molecular formula is C12H18FNOS. The van der Waals surface area contributed by atoms with E-state index in [1.165, 1.54) is 6.07 Å². The van der Waals surface area contributed by atoms with Crippen molar-refractivity contribution >= 4 is 10.8 Å². The summed E-state index contributed by atoms with van der Waals surface area (Å²) in [6.45, 7) is 4.15. The van der Waals surface area contributed by atoms with Crippen LogP contribution in [0.5, 0.6) is 0 Å². The van der Waals surface area contributed by atoms with E-state index in [4.69, 9.17) is 5.73 Å². The molecule has 0 bridgehead atoms. The summed E-state index contributed by atoms with van der Waals surface area (Å²) in [5.41, 5.74) is 6.79. The van der Waals surface area contributed by atoms with Crippen LogP contribution in [0, 0.1) is 5.82 Å². The summed E-state index contributed by atoms with van der Waals surface area (Å²) in [7, 11) is -0.896. The number of hydrogen-bond acceptors (Lipinski definition) is 2. The molecule has 0 heterocycles. The summed E-state index contributed by atoms with van der Waals surface area (Å²) in [5.74, 6) is 0.183. The van der Waals surface area contributed by atoms with Crippen molar-refractivity contribution in [2.24, 2.45) is 5.73 Å². The molecule has 0 aliphatic carbocycles. The third-order valence-corrected chi connectivity index (χ3v) is 4.51. The lowest BCUT2D eigenvalue weighted by Gasteiger charge is -2.09. The zero-order chi connectivity index (χ0) is 12.1. The Balaban J connectivity index is 2.78. The molecule has 1 rings (SSSR count). The van der Waals surface area contributed by atoms with Gasteiger partial charge in [-0.1, -0.05) is 26.0 Å². The summed E-state index contributed by atoms with van der Waals surface area (Å²) in [6, 6.07) is 4.77. The first-order valence-corrected chi connectivity index (χ1v) is 6.81. The first kappa shape index (κ1) is 13.3. The number of halogens is 1. The predicted molar refractivity (Wildman–Crippen MR) is 65.9 cm³/mol. The molecule has 0 aromatic heterocycles. The van der Waals surface area contributed by atoms with Gasteiger partial charge in [0, 0.05) is 33.9 Å². The van der Waals surface area contributed by atoms with Gasteiger partial charge in [-0.25, -0.2) is 4.39 Å². The average Bonchev–Trinajstić information content (AvgIpc) is 2.30. The SMILES string of the molecule is CCC(C)S(=O)Cc1ccc(F)c(CN)c1. The molecule has 0 radical (unpaired) electrons. The summed E-state index contributed by atoms with van der Waals surface area (Å²) in [6.07, 6.45) is 0.886. The molecule has 2 N–H and O–H groups in total. The summed E-state index contributed by atoms with van der Waals surface area (Å²) < 4.78 is 25.0. The quantitative estimate of drug-likeness (QED) is 0.862. The van der Waals surface area contributed by atoms with E-state index in [1.54, 1.807) is 12.1 Å². The second-order valence-electron chi connectivity index (χ2n) is 3.87. The van der Waals surface area contributed by atoms with Crippen LogP contribution in [-0.2, 0) is 23.1 Å². The van der Waals surface area contributed by atoms with Gasteiger partial charge >= 0.3 is 0 Å². The fraction of sp³-hybridized carbons (Fsp3) is 0.500. The largest absolute Gasteiger partial charge is 0.326 e. The Bertz CT molecular complexity index is 381. The van der Waals surface area contributed by atoms with Gasteiger partial charge in [0.05, 0.1) is 0 Å². The molecule has 2 unspecified atom stereocenters. The van der Waals surface area contributed by atoms with Gasteiger partial charge in [-0.3, -0.25) is 4.21 Å². The molecule has 2 atom stereocenters. The van der Waals surface area contributed by atoms with Gasteiger partial charge in [0.15, 0.2) is 0 Å².